The summed E-state index contributed by atoms with van der Waals surface area (Å²) in [5.41, 5.74) is 1.28. The van der Waals surface area contributed by atoms with Gasteiger partial charge in [0.1, 0.15) is 0 Å². The fraction of sp³-hybridized carbons (Fsp3) is 0.364. The molecule has 0 saturated carbocycles. The number of nitrogens with one attached hydrogen (secondary N) is 1. The number of carboxylic acid groups (broad SMARTS) is 1. The summed E-state index contributed by atoms with van der Waals surface area (Å²) in [4.78, 5) is 10.6. The van der Waals surface area contributed by atoms with Crippen LogP contribution in [-0.4, -0.2) is 17.1 Å². The van der Waals surface area contributed by atoms with Gasteiger partial charge < -0.3 is 10.4 Å². The molecule has 0 aliphatic rings. The van der Waals surface area contributed by atoms with E-state index in [1.807, 2.05) is 0 Å². The fourth-order valence-electron chi connectivity index (χ4n) is 1.10. The zero-order valence-corrected chi connectivity index (χ0v) is 8.45. The first-order valence-corrected chi connectivity index (χ1v) is 4.73. The topological polar surface area (TPSA) is 49.3 Å². The average Bonchev–Trinajstić information content (AvgIpc) is 2.18. The summed E-state index contributed by atoms with van der Waals surface area (Å²) < 4.78 is 0. The van der Waals surface area contributed by atoms with Crippen LogP contribution in [-0.2, 0) is 0 Å². The molecule has 0 aliphatic heterocycles. The number of rotatable bonds is 4. The van der Waals surface area contributed by atoms with Gasteiger partial charge in [-0.15, -0.1) is 0 Å². The number of anilines is 1. The normalized spacial score (nSPS) is 12.1. The molecule has 3 nitrogen and oxygen atoms in total. The van der Waals surface area contributed by atoms with Gasteiger partial charge in [-0.2, -0.15) is 0 Å². The molecule has 0 fully saturated rings. The van der Waals surface area contributed by atoms with Crippen LogP contribution in [0.15, 0.2) is 24.3 Å². The number of carbonyl (C=O) groups is 1. The lowest BCUT2D eigenvalue weighted by molar-refractivity contribution is 0.0697. The largest absolute Gasteiger partial charge is 0.478 e. The molecule has 0 amide bonds. The van der Waals surface area contributed by atoms with E-state index < -0.39 is 5.97 Å². The van der Waals surface area contributed by atoms with Crippen LogP contribution in [0.1, 0.15) is 30.6 Å². The van der Waals surface area contributed by atoms with Crippen molar-refractivity contribution in [1.82, 2.24) is 0 Å². The Morgan fingerprint density at radius 3 is 2.43 bits per heavy atom. The van der Waals surface area contributed by atoms with E-state index in [0.29, 0.717) is 11.6 Å². The van der Waals surface area contributed by atoms with E-state index in [0.717, 1.165) is 12.1 Å². The second kappa shape index (κ2) is 4.65. The molecule has 0 heterocycles. The van der Waals surface area contributed by atoms with Gasteiger partial charge >= 0.3 is 5.97 Å². The summed E-state index contributed by atoms with van der Waals surface area (Å²) in [5.74, 6) is -0.889. The van der Waals surface area contributed by atoms with Crippen LogP contribution < -0.4 is 5.32 Å². The highest BCUT2D eigenvalue weighted by atomic mass is 16.4. The van der Waals surface area contributed by atoms with Crippen molar-refractivity contribution in [2.75, 3.05) is 5.32 Å². The van der Waals surface area contributed by atoms with Gasteiger partial charge in [0.05, 0.1) is 5.56 Å². The van der Waals surface area contributed by atoms with E-state index in [1.54, 1.807) is 24.3 Å². The van der Waals surface area contributed by atoms with Gasteiger partial charge in [-0.25, -0.2) is 4.79 Å². The Morgan fingerprint density at radius 1 is 1.43 bits per heavy atom. The maximum Gasteiger partial charge on any atom is 0.335 e. The summed E-state index contributed by atoms with van der Waals surface area (Å²) in [6.45, 7) is 4.19. The first kappa shape index (κ1) is 10.6. The number of aromatic carboxylic acids is 1. The van der Waals surface area contributed by atoms with Gasteiger partial charge in [-0.1, -0.05) is 6.92 Å². The Kier molecular flexibility index (Phi) is 3.51. The van der Waals surface area contributed by atoms with E-state index in [9.17, 15) is 4.79 Å². The standard InChI is InChI=1S/C11H15NO2/c1-3-8(2)12-10-6-4-9(5-7-10)11(13)14/h4-8,12H,3H2,1-2H3,(H,13,14). The minimum atomic E-state index is -0.889. The Bertz CT molecular complexity index is 306. The molecule has 1 aromatic rings. The summed E-state index contributed by atoms with van der Waals surface area (Å²) >= 11 is 0. The first-order valence-electron chi connectivity index (χ1n) is 4.73. The SMILES string of the molecule is CCC(C)Nc1ccc(C(=O)O)cc1. The van der Waals surface area contributed by atoms with Crippen LogP contribution in [0.25, 0.3) is 0 Å². The number of hydrogen-bond donors (Lipinski definition) is 2. The van der Waals surface area contributed by atoms with E-state index in [4.69, 9.17) is 5.11 Å². The van der Waals surface area contributed by atoms with Crippen LogP contribution in [0.2, 0.25) is 0 Å². The smallest absolute Gasteiger partial charge is 0.335 e. The number of carboxylic acids is 1. The zero-order chi connectivity index (χ0) is 10.6. The van der Waals surface area contributed by atoms with Crippen molar-refractivity contribution in [2.45, 2.75) is 26.3 Å². The molecule has 0 aromatic heterocycles. The molecule has 76 valence electrons. The van der Waals surface area contributed by atoms with Gasteiger partial charge in [0.15, 0.2) is 0 Å². The van der Waals surface area contributed by atoms with Crippen LogP contribution in [0.3, 0.4) is 0 Å². The van der Waals surface area contributed by atoms with Crippen LogP contribution in [0.5, 0.6) is 0 Å². The Balaban J connectivity index is 2.68. The van der Waals surface area contributed by atoms with Gasteiger partial charge in [0.25, 0.3) is 0 Å². The van der Waals surface area contributed by atoms with Crippen molar-refractivity contribution >= 4 is 11.7 Å². The molecule has 0 aliphatic carbocycles. The molecule has 0 spiro atoms. The quantitative estimate of drug-likeness (QED) is 0.772. The summed E-state index contributed by atoms with van der Waals surface area (Å²) in [6.07, 6.45) is 1.04. The molecule has 1 atom stereocenters. The van der Waals surface area contributed by atoms with Crippen molar-refractivity contribution in [3.8, 4) is 0 Å². The Morgan fingerprint density at radius 2 is 2.00 bits per heavy atom. The molecule has 2 N–H and O–H groups in total. The third-order valence-electron chi connectivity index (χ3n) is 2.16. The minimum absolute atomic E-state index is 0.319. The maximum absolute atomic E-state index is 10.6. The molecule has 1 unspecified atom stereocenters. The van der Waals surface area contributed by atoms with Gasteiger partial charge in [0.2, 0.25) is 0 Å². The van der Waals surface area contributed by atoms with Gasteiger partial charge in [-0.05, 0) is 37.6 Å². The monoisotopic (exact) mass is 193 g/mol. The summed E-state index contributed by atoms with van der Waals surface area (Å²) in [5, 5.41) is 11.9. The summed E-state index contributed by atoms with van der Waals surface area (Å²) in [7, 11) is 0. The van der Waals surface area contributed by atoms with Crippen molar-refractivity contribution in [3.05, 3.63) is 29.8 Å². The van der Waals surface area contributed by atoms with Crippen molar-refractivity contribution in [2.24, 2.45) is 0 Å². The van der Waals surface area contributed by atoms with E-state index in [2.05, 4.69) is 19.2 Å². The highest BCUT2D eigenvalue weighted by Gasteiger charge is 2.02. The second-order valence-electron chi connectivity index (χ2n) is 3.34. The molecule has 14 heavy (non-hydrogen) atoms. The van der Waals surface area contributed by atoms with Crippen LogP contribution in [0.4, 0.5) is 5.69 Å². The average molecular weight is 193 g/mol. The highest BCUT2D eigenvalue weighted by molar-refractivity contribution is 5.87. The lowest BCUT2D eigenvalue weighted by atomic mass is 10.2. The molecular formula is C11H15NO2. The first-order chi connectivity index (χ1) is 6.63. The lowest BCUT2D eigenvalue weighted by Crippen LogP contribution is -2.13. The molecule has 0 saturated heterocycles. The fourth-order valence-corrected chi connectivity index (χ4v) is 1.10. The van der Waals surface area contributed by atoms with E-state index in [1.165, 1.54) is 0 Å². The molecule has 0 radical (unpaired) electrons. The van der Waals surface area contributed by atoms with Gasteiger partial charge in [0, 0.05) is 11.7 Å². The highest BCUT2D eigenvalue weighted by Crippen LogP contribution is 2.11. The second-order valence-corrected chi connectivity index (χ2v) is 3.34. The van der Waals surface area contributed by atoms with Crippen LogP contribution in [0, 0.1) is 0 Å². The number of hydrogen-bond acceptors (Lipinski definition) is 2. The van der Waals surface area contributed by atoms with Crippen LogP contribution >= 0.6 is 0 Å². The predicted molar refractivity (Wildman–Crippen MR) is 56.8 cm³/mol. The van der Waals surface area contributed by atoms with Crippen molar-refractivity contribution in [3.63, 3.8) is 0 Å². The van der Waals surface area contributed by atoms with Gasteiger partial charge in [-0.3, -0.25) is 0 Å². The predicted octanol–water partition coefficient (Wildman–Crippen LogP) is 2.60. The Labute approximate surface area is 83.8 Å². The zero-order valence-electron chi connectivity index (χ0n) is 8.45. The van der Waals surface area contributed by atoms with E-state index in [-0.39, 0.29) is 0 Å². The lowest BCUT2D eigenvalue weighted by Gasteiger charge is -2.12. The van der Waals surface area contributed by atoms with E-state index >= 15 is 0 Å². The number of benzene rings is 1. The molecule has 1 rings (SSSR count). The third kappa shape index (κ3) is 2.76. The van der Waals surface area contributed by atoms with Crippen molar-refractivity contribution in [1.29, 1.82) is 0 Å². The maximum atomic E-state index is 10.6. The van der Waals surface area contributed by atoms with Crippen molar-refractivity contribution < 1.29 is 9.90 Å². The molecule has 0 bridgehead atoms. The minimum Gasteiger partial charge on any atom is -0.478 e. The third-order valence-corrected chi connectivity index (χ3v) is 2.16. The Hall–Kier alpha value is -1.51. The molecule has 3 heteroatoms. The summed E-state index contributed by atoms with van der Waals surface area (Å²) in [6, 6.07) is 7.19. The molecular weight excluding hydrogens is 178 g/mol. The molecule has 1 aromatic carbocycles.